The topological polar surface area (TPSA) is 81.0 Å². The predicted molar refractivity (Wildman–Crippen MR) is 89.1 cm³/mol. The smallest absolute Gasteiger partial charge is 0.270 e. The molecule has 114 valence electrons. The third-order valence-electron chi connectivity index (χ3n) is 3.15. The fourth-order valence-electron chi connectivity index (χ4n) is 2.13. The Morgan fingerprint density at radius 3 is 2.52 bits per heavy atom. The SMILES string of the molecule is O=[N+]([O-])c1ccc2nc(Nc3nc4cc(F)ccc4s3)sc2c1. The molecule has 2 aromatic heterocycles. The van der Waals surface area contributed by atoms with E-state index in [0.29, 0.717) is 26.0 Å². The normalized spacial score (nSPS) is 11.2. The average molecular weight is 346 g/mol. The molecule has 2 aromatic carbocycles. The molecule has 0 aliphatic heterocycles. The number of aromatic nitrogens is 2. The Kier molecular flexibility index (Phi) is 3.17. The molecule has 6 nitrogen and oxygen atoms in total. The first-order valence-electron chi connectivity index (χ1n) is 6.46. The van der Waals surface area contributed by atoms with E-state index in [1.165, 1.54) is 46.9 Å². The number of nitrogens with one attached hydrogen (secondary N) is 1. The van der Waals surface area contributed by atoms with Crippen LogP contribution in [0, 0.1) is 15.9 Å². The number of non-ortho nitro benzene ring substituents is 1. The van der Waals surface area contributed by atoms with E-state index in [0.717, 1.165) is 4.70 Å². The standard InChI is InChI=1S/C14H7FN4O2S2/c15-7-1-4-11-10(5-7)17-14(22-11)18-13-16-9-3-2-8(19(20)21)6-12(9)23-13/h1-6H,(H,16,17,18). The van der Waals surface area contributed by atoms with E-state index >= 15 is 0 Å². The molecule has 0 bridgehead atoms. The molecule has 0 fully saturated rings. The van der Waals surface area contributed by atoms with Gasteiger partial charge in [-0.1, -0.05) is 22.7 Å². The molecule has 0 aliphatic carbocycles. The van der Waals surface area contributed by atoms with Crippen molar-refractivity contribution in [3.63, 3.8) is 0 Å². The van der Waals surface area contributed by atoms with Crippen LogP contribution in [0.2, 0.25) is 0 Å². The van der Waals surface area contributed by atoms with Gasteiger partial charge in [0.2, 0.25) is 0 Å². The molecule has 4 aromatic rings. The first-order chi connectivity index (χ1) is 11.1. The van der Waals surface area contributed by atoms with Gasteiger partial charge in [0.1, 0.15) is 5.82 Å². The number of nitrogens with zero attached hydrogens (tertiary/aromatic N) is 3. The number of thiazole rings is 2. The van der Waals surface area contributed by atoms with Crippen molar-refractivity contribution >= 4 is 59.1 Å². The van der Waals surface area contributed by atoms with Crippen LogP contribution in [0.3, 0.4) is 0 Å². The third-order valence-corrected chi connectivity index (χ3v) is 5.03. The van der Waals surface area contributed by atoms with Gasteiger partial charge >= 0.3 is 0 Å². The van der Waals surface area contributed by atoms with Crippen LogP contribution in [0.1, 0.15) is 0 Å². The van der Waals surface area contributed by atoms with Crippen molar-refractivity contribution in [1.82, 2.24) is 9.97 Å². The number of hydrogen-bond donors (Lipinski definition) is 1. The number of rotatable bonds is 3. The van der Waals surface area contributed by atoms with Crippen LogP contribution < -0.4 is 5.32 Å². The molecule has 9 heteroatoms. The van der Waals surface area contributed by atoms with Gasteiger partial charge in [-0.25, -0.2) is 14.4 Å². The molecular weight excluding hydrogens is 339 g/mol. The van der Waals surface area contributed by atoms with Crippen molar-refractivity contribution in [2.75, 3.05) is 5.32 Å². The molecule has 0 unspecified atom stereocenters. The Morgan fingerprint density at radius 1 is 1.00 bits per heavy atom. The number of hydrogen-bond acceptors (Lipinski definition) is 7. The summed E-state index contributed by atoms with van der Waals surface area (Å²) >= 11 is 2.69. The maximum Gasteiger partial charge on any atom is 0.270 e. The molecule has 2 heterocycles. The van der Waals surface area contributed by atoms with E-state index in [-0.39, 0.29) is 11.5 Å². The fourth-order valence-corrected chi connectivity index (χ4v) is 3.93. The minimum atomic E-state index is -0.436. The highest BCUT2D eigenvalue weighted by Crippen LogP contribution is 2.33. The minimum absolute atomic E-state index is 0.0307. The average Bonchev–Trinajstić information content (AvgIpc) is 3.08. The lowest BCUT2D eigenvalue weighted by Crippen LogP contribution is -1.87. The highest BCUT2D eigenvalue weighted by Gasteiger charge is 2.12. The summed E-state index contributed by atoms with van der Waals surface area (Å²) in [5, 5.41) is 15.1. The number of halogens is 1. The van der Waals surface area contributed by atoms with Gasteiger partial charge in [0.05, 0.1) is 25.4 Å². The number of nitro benzene ring substituents is 1. The summed E-state index contributed by atoms with van der Waals surface area (Å²) in [5.74, 6) is -0.332. The zero-order valence-corrected chi connectivity index (χ0v) is 12.9. The van der Waals surface area contributed by atoms with Gasteiger partial charge < -0.3 is 5.32 Å². The zero-order valence-electron chi connectivity index (χ0n) is 11.3. The predicted octanol–water partition coefficient (Wildman–Crippen LogP) is 4.70. The van der Waals surface area contributed by atoms with Gasteiger partial charge in [0.25, 0.3) is 5.69 Å². The van der Waals surface area contributed by atoms with Crippen molar-refractivity contribution in [3.05, 3.63) is 52.3 Å². The summed E-state index contributed by atoms with van der Waals surface area (Å²) in [4.78, 5) is 19.1. The summed E-state index contributed by atoms with van der Waals surface area (Å²) in [6.07, 6.45) is 0. The molecule has 0 spiro atoms. The summed E-state index contributed by atoms with van der Waals surface area (Å²) < 4.78 is 14.8. The second kappa shape index (κ2) is 5.21. The van der Waals surface area contributed by atoms with Gasteiger partial charge in [-0.15, -0.1) is 0 Å². The summed E-state index contributed by atoms with van der Waals surface area (Å²) in [6, 6.07) is 8.97. The van der Waals surface area contributed by atoms with Crippen LogP contribution in [0.15, 0.2) is 36.4 Å². The molecular formula is C14H7FN4O2S2. The largest absolute Gasteiger partial charge is 0.307 e. The van der Waals surface area contributed by atoms with Crippen LogP contribution in [-0.2, 0) is 0 Å². The van der Waals surface area contributed by atoms with Crippen LogP contribution in [-0.4, -0.2) is 14.9 Å². The molecule has 23 heavy (non-hydrogen) atoms. The molecule has 1 N–H and O–H groups in total. The van der Waals surface area contributed by atoms with Crippen LogP contribution in [0.4, 0.5) is 20.3 Å². The van der Waals surface area contributed by atoms with Gasteiger partial charge in [-0.05, 0) is 18.2 Å². The van der Waals surface area contributed by atoms with Crippen molar-refractivity contribution in [3.8, 4) is 0 Å². The van der Waals surface area contributed by atoms with Crippen molar-refractivity contribution in [2.24, 2.45) is 0 Å². The van der Waals surface area contributed by atoms with Gasteiger partial charge in [-0.2, -0.15) is 0 Å². The quantitative estimate of drug-likeness (QED) is 0.430. The maximum absolute atomic E-state index is 13.2. The van der Waals surface area contributed by atoms with Crippen molar-refractivity contribution in [2.45, 2.75) is 0 Å². The van der Waals surface area contributed by atoms with E-state index in [1.807, 2.05) is 0 Å². The Balaban J connectivity index is 1.69. The molecule has 0 atom stereocenters. The lowest BCUT2D eigenvalue weighted by molar-refractivity contribution is -0.384. The van der Waals surface area contributed by atoms with Crippen LogP contribution in [0.25, 0.3) is 20.4 Å². The van der Waals surface area contributed by atoms with Gasteiger partial charge in [0, 0.05) is 18.2 Å². The Hall–Kier alpha value is -2.65. The van der Waals surface area contributed by atoms with Crippen molar-refractivity contribution in [1.29, 1.82) is 0 Å². The first kappa shape index (κ1) is 14.0. The van der Waals surface area contributed by atoms with Crippen LogP contribution in [0.5, 0.6) is 0 Å². The summed E-state index contributed by atoms with van der Waals surface area (Å²) in [5.41, 5.74) is 1.28. The second-order valence-corrected chi connectivity index (χ2v) is 6.75. The summed E-state index contributed by atoms with van der Waals surface area (Å²) in [6.45, 7) is 0. The highest BCUT2D eigenvalue weighted by atomic mass is 32.1. The zero-order chi connectivity index (χ0) is 16.0. The molecule has 0 radical (unpaired) electrons. The Morgan fingerprint density at radius 2 is 1.74 bits per heavy atom. The number of benzene rings is 2. The number of nitro groups is 1. The molecule has 0 aliphatic rings. The van der Waals surface area contributed by atoms with E-state index < -0.39 is 4.92 Å². The minimum Gasteiger partial charge on any atom is -0.307 e. The number of fused-ring (bicyclic) bond motifs is 2. The Labute approximate surface area is 136 Å². The first-order valence-corrected chi connectivity index (χ1v) is 8.10. The number of anilines is 2. The Bertz CT molecular complexity index is 1060. The fraction of sp³-hybridized carbons (Fsp3) is 0. The monoisotopic (exact) mass is 346 g/mol. The van der Waals surface area contributed by atoms with E-state index in [2.05, 4.69) is 15.3 Å². The lowest BCUT2D eigenvalue weighted by Gasteiger charge is -1.93. The van der Waals surface area contributed by atoms with Gasteiger partial charge in [0.15, 0.2) is 10.3 Å². The van der Waals surface area contributed by atoms with Crippen molar-refractivity contribution < 1.29 is 9.31 Å². The second-order valence-electron chi connectivity index (χ2n) is 4.68. The lowest BCUT2D eigenvalue weighted by atomic mass is 10.3. The maximum atomic E-state index is 13.2. The highest BCUT2D eigenvalue weighted by molar-refractivity contribution is 7.24. The summed E-state index contributed by atoms with van der Waals surface area (Å²) in [7, 11) is 0. The third kappa shape index (κ3) is 2.60. The van der Waals surface area contributed by atoms with E-state index in [1.54, 1.807) is 12.1 Å². The molecule has 0 saturated heterocycles. The molecule has 0 saturated carbocycles. The van der Waals surface area contributed by atoms with Gasteiger partial charge in [-0.3, -0.25) is 10.1 Å². The van der Waals surface area contributed by atoms with E-state index in [9.17, 15) is 14.5 Å². The molecule has 4 rings (SSSR count). The molecule has 0 amide bonds. The van der Waals surface area contributed by atoms with Crippen LogP contribution >= 0.6 is 22.7 Å². The van der Waals surface area contributed by atoms with E-state index in [4.69, 9.17) is 0 Å².